The van der Waals surface area contributed by atoms with E-state index in [1.165, 1.54) is 11.1 Å². The van der Waals surface area contributed by atoms with E-state index in [0.717, 1.165) is 41.7 Å². The zero-order chi connectivity index (χ0) is 22.6. The topological polar surface area (TPSA) is 66.4 Å². The van der Waals surface area contributed by atoms with E-state index >= 15 is 0 Å². The fraction of sp³-hybridized carbons (Fsp3) is 0.500. The number of methoxy groups -OCH3 is 5. The zero-order valence-electron chi connectivity index (χ0n) is 19.7. The molecule has 1 heterocycles. The summed E-state index contributed by atoms with van der Waals surface area (Å²) in [6, 6.07) is 8.20. The molecule has 3 rings (SSSR count). The first-order valence-corrected chi connectivity index (χ1v) is 10.5. The lowest BCUT2D eigenvalue weighted by molar-refractivity contribution is -0.935. The molecule has 178 valence electrons. The third-order valence-electron chi connectivity index (χ3n) is 6.29. The summed E-state index contributed by atoms with van der Waals surface area (Å²) in [5.41, 5.74) is 3.47. The summed E-state index contributed by atoms with van der Waals surface area (Å²) in [6.07, 6.45) is 1.64. The summed E-state index contributed by atoms with van der Waals surface area (Å²) < 4.78 is 28.7. The summed E-state index contributed by atoms with van der Waals surface area (Å²) in [5.74, 6) is 3.25. The zero-order valence-corrected chi connectivity index (χ0v) is 20.5. The van der Waals surface area contributed by atoms with Gasteiger partial charge in [-0.05, 0) is 29.8 Å². The second kappa shape index (κ2) is 11.0. The molecule has 0 aliphatic carbocycles. The van der Waals surface area contributed by atoms with Crippen molar-refractivity contribution in [2.24, 2.45) is 0 Å². The second-order valence-electron chi connectivity index (χ2n) is 8.02. The Balaban J connectivity index is 0.00000363. The van der Waals surface area contributed by atoms with Gasteiger partial charge >= 0.3 is 0 Å². The van der Waals surface area contributed by atoms with Crippen molar-refractivity contribution in [1.82, 2.24) is 0 Å². The fourth-order valence-electron chi connectivity index (χ4n) is 4.72. The van der Waals surface area contributed by atoms with E-state index in [1.54, 1.807) is 35.5 Å². The molecule has 0 amide bonds. The minimum Gasteiger partial charge on any atom is -1.00 e. The first-order valence-electron chi connectivity index (χ1n) is 10.5. The number of ether oxygens (including phenoxy) is 5. The number of likely N-dealkylation sites (N-methyl/N-ethyl adjacent to an activating group) is 1. The van der Waals surface area contributed by atoms with Gasteiger partial charge in [0.15, 0.2) is 23.0 Å². The highest BCUT2D eigenvalue weighted by Crippen LogP contribution is 2.48. The van der Waals surface area contributed by atoms with Crippen molar-refractivity contribution >= 4 is 0 Å². The summed E-state index contributed by atoms with van der Waals surface area (Å²) >= 11 is 0. The monoisotopic (exact) mass is 467 g/mol. The number of hydrogen-bond donors (Lipinski definition) is 1. The average molecular weight is 468 g/mol. The van der Waals surface area contributed by atoms with Crippen LogP contribution in [0.15, 0.2) is 24.3 Å². The molecule has 2 aromatic carbocycles. The maximum atomic E-state index is 9.54. The molecule has 32 heavy (non-hydrogen) atoms. The molecule has 1 aliphatic heterocycles. The second-order valence-corrected chi connectivity index (χ2v) is 8.02. The number of nitrogens with zero attached hydrogens (tertiary/aromatic N) is 1. The molecule has 0 spiro atoms. The summed E-state index contributed by atoms with van der Waals surface area (Å²) in [7, 11) is 10.4. The van der Waals surface area contributed by atoms with Crippen LogP contribution in [-0.2, 0) is 6.42 Å². The fourth-order valence-corrected chi connectivity index (χ4v) is 4.72. The molecular formula is C24H34ClNO6. The van der Waals surface area contributed by atoms with Crippen molar-refractivity contribution in [3.8, 4) is 28.7 Å². The molecule has 0 bridgehead atoms. The van der Waals surface area contributed by atoms with E-state index in [9.17, 15) is 5.11 Å². The van der Waals surface area contributed by atoms with E-state index in [1.807, 2.05) is 12.1 Å². The molecule has 0 unspecified atom stereocenters. The van der Waals surface area contributed by atoms with Gasteiger partial charge in [0.25, 0.3) is 0 Å². The predicted molar refractivity (Wildman–Crippen MR) is 119 cm³/mol. The number of benzene rings is 2. The van der Waals surface area contributed by atoms with Crippen molar-refractivity contribution in [3.63, 3.8) is 0 Å². The van der Waals surface area contributed by atoms with E-state index in [2.05, 4.69) is 19.2 Å². The van der Waals surface area contributed by atoms with Crippen LogP contribution in [-0.4, -0.2) is 71.9 Å². The molecular weight excluding hydrogens is 434 g/mol. The molecule has 0 fully saturated rings. The van der Waals surface area contributed by atoms with Crippen LogP contribution in [0.3, 0.4) is 0 Å². The van der Waals surface area contributed by atoms with Gasteiger partial charge in [0, 0.05) is 30.6 Å². The molecule has 8 heteroatoms. The Hall–Kier alpha value is -2.35. The van der Waals surface area contributed by atoms with Gasteiger partial charge in [0.2, 0.25) is 5.75 Å². The van der Waals surface area contributed by atoms with Crippen LogP contribution in [0.25, 0.3) is 0 Å². The van der Waals surface area contributed by atoms with Gasteiger partial charge in [-0.2, -0.15) is 0 Å². The normalized spacial score (nSPS) is 19.4. The number of hydrogen-bond acceptors (Lipinski definition) is 6. The quantitative estimate of drug-likeness (QED) is 0.532. The molecule has 0 saturated carbocycles. The largest absolute Gasteiger partial charge is 1.00 e. The number of fused-ring (bicyclic) bond motifs is 1. The molecule has 1 aliphatic rings. The number of aliphatic hydroxyl groups is 1. The Bertz CT molecular complexity index is 897. The summed E-state index contributed by atoms with van der Waals surface area (Å²) in [6.45, 7) is 1.93. The Labute approximate surface area is 196 Å². The van der Waals surface area contributed by atoms with E-state index < -0.39 is 0 Å². The minimum absolute atomic E-state index is 0. The Kier molecular flexibility index (Phi) is 8.89. The van der Waals surface area contributed by atoms with Gasteiger partial charge in [-0.15, -0.1) is 0 Å². The first kappa shape index (κ1) is 25.9. The number of quaternary nitrogens is 1. The molecule has 2 atom stereocenters. The molecule has 1 N–H and O–H groups in total. The number of aliphatic hydroxyl groups excluding tert-OH is 1. The smallest absolute Gasteiger partial charge is 0.203 e. The average Bonchev–Trinajstić information content (AvgIpc) is 2.80. The number of halogens is 1. The first-order chi connectivity index (χ1) is 15.0. The van der Waals surface area contributed by atoms with Gasteiger partial charge in [-0.1, -0.05) is 0 Å². The van der Waals surface area contributed by atoms with Gasteiger partial charge in [-0.3, -0.25) is 0 Å². The van der Waals surface area contributed by atoms with Crippen molar-refractivity contribution in [2.45, 2.75) is 18.9 Å². The highest BCUT2D eigenvalue weighted by molar-refractivity contribution is 5.57. The Morgan fingerprint density at radius 3 is 1.91 bits per heavy atom. The van der Waals surface area contributed by atoms with E-state index in [0.29, 0.717) is 23.0 Å². The molecule has 7 nitrogen and oxygen atoms in total. The lowest BCUT2D eigenvalue weighted by Gasteiger charge is -2.46. The van der Waals surface area contributed by atoms with Gasteiger partial charge in [0.1, 0.15) is 6.04 Å². The van der Waals surface area contributed by atoms with Crippen LogP contribution < -0.4 is 36.1 Å². The van der Waals surface area contributed by atoms with E-state index in [-0.39, 0.29) is 25.1 Å². The molecule has 2 aromatic rings. The highest BCUT2D eigenvalue weighted by Gasteiger charge is 2.41. The van der Waals surface area contributed by atoms with Crippen LogP contribution in [0, 0.1) is 0 Å². The molecule has 0 saturated heterocycles. The van der Waals surface area contributed by atoms with E-state index in [4.69, 9.17) is 23.7 Å². The van der Waals surface area contributed by atoms with Crippen molar-refractivity contribution in [1.29, 1.82) is 0 Å². The van der Waals surface area contributed by atoms with Crippen LogP contribution >= 0.6 is 0 Å². The van der Waals surface area contributed by atoms with Crippen molar-refractivity contribution < 1.29 is 45.7 Å². The lowest BCUT2D eigenvalue weighted by Crippen LogP contribution is -3.00. The van der Waals surface area contributed by atoms with Crippen molar-refractivity contribution in [3.05, 3.63) is 41.0 Å². The third kappa shape index (κ3) is 4.70. The van der Waals surface area contributed by atoms with Crippen molar-refractivity contribution in [2.75, 3.05) is 62.3 Å². The minimum atomic E-state index is 0. The van der Waals surface area contributed by atoms with Crippen LogP contribution in [0.1, 0.15) is 29.2 Å². The molecule has 0 radical (unpaired) electrons. The predicted octanol–water partition coefficient (Wildman–Crippen LogP) is 0.208. The Morgan fingerprint density at radius 1 is 0.844 bits per heavy atom. The molecule has 0 aromatic heterocycles. The van der Waals surface area contributed by atoms with Gasteiger partial charge in [0.05, 0.1) is 55.7 Å². The van der Waals surface area contributed by atoms with Gasteiger partial charge in [-0.25, -0.2) is 0 Å². The number of rotatable bonds is 9. The summed E-state index contributed by atoms with van der Waals surface area (Å²) in [4.78, 5) is 0. The third-order valence-corrected chi connectivity index (χ3v) is 6.29. The summed E-state index contributed by atoms with van der Waals surface area (Å²) in [5, 5.41) is 9.54. The van der Waals surface area contributed by atoms with Crippen LogP contribution in [0.5, 0.6) is 28.7 Å². The lowest BCUT2D eigenvalue weighted by atomic mass is 9.85. The standard InChI is InChI=1S/C24H34NO6.ClH/c1-25(9-7-11-26)10-8-16-12-19(27-2)20(28-3)15-18(16)23(25)17-13-21(29-4)24(31-6)22(14-17)30-5;/h12-15,23,26H,7-11H2,1-6H3;1H/q+1;/p-1/t23-,25+;/m1./s1. The van der Waals surface area contributed by atoms with Gasteiger partial charge < -0.3 is 45.7 Å². The van der Waals surface area contributed by atoms with Crippen LogP contribution in [0.2, 0.25) is 0 Å². The highest BCUT2D eigenvalue weighted by atomic mass is 35.5. The SMILES string of the molecule is COc1cc2c(cc1OC)[C@@H](c1cc(OC)c(OC)c(OC)c1)[N@@+](C)(CCCO)CC2.[Cl-]. The maximum Gasteiger partial charge on any atom is 0.203 e. The van der Waals surface area contributed by atoms with Crippen LogP contribution in [0.4, 0.5) is 0 Å². The Morgan fingerprint density at radius 2 is 1.41 bits per heavy atom. The maximum absolute atomic E-state index is 9.54.